The lowest BCUT2D eigenvalue weighted by Crippen LogP contribution is -2.53. The van der Waals surface area contributed by atoms with Crippen molar-refractivity contribution in [1.82, 2.24) is 9.80 Å². The molecule has 4 nitrogen and oxygen atoms in total. The van der Waals surface area contributed by atoms with Crippen molar-refractivity contribution in [2.45, 2.75) is 13.3 Å². The molecule has 1 heterocycles. The summed E-state index contributed by atoms with van der Waals surface area (Å²) in [6.07, 6.45) is 5.96. The van der Waals surface area contributed by atoms with Crippen molar-refractivity contribution in [3.63, 3.8) is 0 Å². The molecule has 1 saturated heterocycles. The number of amides is 2. The molecule has 4 heteroatoms. The van der Waals surface area contributed by atoms with Crippen LogP contribution in [0.2, 0.25) is 0 Å². The van der Waals surface area contributed by atoms with Gasteiger partial charge in [-0.1, -0.05) is 12.8 Å². The fourth-order valence-electron chi connectivity index (χ4n) is 1.43. The minimum Gasteiger partial charge on any atom is -0.332 e. The van der Waals surface area contributed by atoms with E-state index in [0.717, 1.165) is 6.42 Å². The van der Waals surface area contributed by atoms with E-state index in [9.17, 15) is 9.59 Å². The normalized spacial score (nSPS) is 17.1. The van der Waals surface area contributed by atoms with E-state index >= 15 is 0 Å². The Morgan fingerprint density at radius 2 is 1.86 bits per heavy atom. The Labute approximate surface area is 83.9 Å². The summed E-state index contributed by atoms with van der Waals surface area (Å²) in [7, 11) is 0. The van der Waals surface area contributed by atoms with Crippen LogP contribution < -0.4 is 0 Å². The highest BCUT2D eigenvalue weighted by atomic mass is 16.2. The van der Waals surface area contributed by atoms with E-state index in [1.807, 2.05) is 6.92 Å². The van der Waals surface area contributed by atoms with Crippen molar-refractivity contribution < 1.29 is 9.59 Å². The van der Waals surface area contributed by atoms with E-state index in [4.69, 9.17) is 6.42 Å². The molecule has 0 aromatic heterocycles. The molecule has 1 fully saturated rings. The van der Waals surface area contributed by atoms with Crippen molar-refractivity contribution in [3.8, 4) is 12.3 Å². The van der Waals surface area contributed by atoms with Gasteiger partial charge in [0.05, 0.1) is 13.1 Å². The van der Waals surface area contributed by atoms with Crippen molar-refractivity contribution in [2.24, 2.45) is 0 Å². The predicted molar refractivity (Wildman–Crippen MR) is 52.3 cm³/mol. The van der Waals surface area contributed by atoms with Crippen molar-refractivity contribution in [1.29, 1.82) is 0 Å². The van der Waals surface area contributed by atoms with Crippen molar-refractivity contribution >= 4 is 11.8 Å². The highest BCUT2D eigenvalue weighted by Gasteiger charge is 2.28. The Balaban J connectivity index is 2.58. The van der Waals surface area contributed by atoms with Crippen molar-refractivity contribution in [2.75, 3.05) is 26.2 Å². The van der Waals surface area contributed by atoms with Crippen LogP contribution >= 0.6 is 0 Å². The van der Waals surface area contributed by atoms with Gasteiger partial charge in [0.25, 0.3) is 0 Å². The van der Waals surface area contributed by atoms with Crippen LogP contribution in [-0.2, 0) is 9.59 Å². The Morgan fingerprint density at radius 3 is 2.43 bits per heavy atom. The standard InChI is InChI=1S/C10H14N2O2/c1-3-5-11-7-10(14)12(6-4-2)8-9(11)13/h1H,4-8H2,2H3. The molecule has 14 heavy (non-hydrogen) atoms. The quantitative estimate of drug-likeness (QED) is 0.579. The van der Waals surface area contributed by atoms with Gasteiger partial charge in [0.2, 0.25) is 11.8 Å². The molecule has 0 atom stereocenters. The van der Waals surface area contributed by atoms with Gasteiger partial charge in [-0.2, -0.15) is 0 Å². The summed E-state index contributed by atoms with van der Waals surface area (Å²) in [5.41, 5.74) is 0. The first-order valence-electron chi connectivity index (χ1n) is 4.68. The fourth-order valence-corrected chi connectivity index (χ4v) is 1.43. The summed E-state index contributed by atoms with van der Waals surface area (Å²) in [6, 6.07) is 0. The van der Waals surface area contributed by atoms with Crippen LogP contribution in [-0.4, -0.2) is 47.8 Å². The van der Waals surface area contributed by atoms with E-state index in [1.54, 1.807) is 4.90 Å². The van der Waals surface area contributed by atoms with Gasteiger partial charge in [0.15, 0.2) is 0 Å². The third kappa shape index (κ3) is 2.25. The largest absolute Gasteiger partial charge is 0.332 e. The second-order valence-electron chi connectivity index (χ2n) is 3.27. The molecule has 0 aromatic rings. The van der Waals surface area contributed by atoms with Gasteiger partial charge in [-0.25, -0.2) is 0 Å². The van der Waals surface area contributed by atoms with Gasteiger partial charge in [0, 0.05) is 6.54 Å². The zero-order valence-corrected chi connectivity index (χ0v) is 8.32. The van der Waals surface area contributed by atoms with Crippen LogP contribution in [0.15, 0.2) is 0 Å². The molecule has 0 saturated carbocycles. The average Bonchev–Trinajstić information content (AvgIpc) is 2.14. The molecule has 1 rings (SSSR count). The molecule has 1 aliphatic rings. The van der Waals surface area contributed by atoms with Crippen LogP contribution in [0.1, 0.15) is 13.3 Å². The van der Waals surface area contributed by atoms with E-state index in [1.165, 1.54) is 4.90 Å². The lowest BCUT2D eigenvalue weighted by atomic mass is 10.2. The SMILES string of the molecule is C#CCN1CC(=O)N(CCC)CC1=O. The first-order valence-corrected chi connectivity index (χ1v) is 4.68. The maximum Gasteiger partial charge on any atom is 0.243 e. The van der Waals surface area contributed by atoms with Crippen LogP contribution in [0.4, 0.5) is 0 Å². The van der Waals surface area contributed by atoms with Crippen LogP contribution in [0.25, 0.3) is 0 Å². The van der Waals surface area contributed by atoms with Crippen molar-refractivity contribution in [3.05, 3.63) is 0 Å². The van der Waals surface area contributed by atoms with E-state index in [2.05, 4.69) is 5.92 Å². The molecule has 0 bridgehead atoms. The molecule has 2 amide bonds. The molecular weight excluding hydrogens is 180 g/mol. The third-order valence-corrected chi connectivity index (χ3v) is 2.13. The molecule has 0 spiro atoms. The van der Waals surface area contributed by atoms with Gasteiger partial charge < -0.3 is 9.80 Å². The minimum absolute atomic E-state index is 0.0123. The number of carbonyl (C=O) groups excluding carboxylic acids is 2. The smallest absolute Gasteiger partial charge is 0.243 e. The minimum atomic E-state index is -0.0593. The second-order valence-corrected chi connectivity index (χ2v) is 3.27. The molecule has 0 radical (unpaired) electrons. The zero-order valence-electron chi connectivity index (χ0n) is 8.32. The van der Waals surface area contributed by atoms with Gasteiger partial charge in [-0.05, 0) is 6.42 Å². The Bertz CT molecular complexity index is 280. The number of terminal acetylenes is 1. The number of hydrogen-bond acceptors (Lipinski definition) is 2. The van der Waals surface area contributed by atoms with Gasteiger partial charge in [0.1, 0.15) is 6.54 Å². The number of nitrogens with zero attached hydrogens (tertiary/aromatic N) is 2. The Morgan fingerprint density at radius 1 is 1.29 bits per heavy atom. The van der Waals surface area contributed by atoms with Gasteiger partial charge in [-0.3, -0.25) is 9.59 Å². The van der Waals surface area contributed by atoms with E-state index < -0.39 is 0 Å². The number of piperazine rings is 1. The van der Waals surface area contributed by atoms with E-state index in [-0.39, 0.29) is 31.4 Å². The van der Waals surface area contributed by atoms with Gasteiger partial charge >= 0.3 is 0 Å². The third-order valence-electron chi connectivity index (χ3n) is 2.13. The van der Waals surface area contributed by atoms with Gasteiger partial charge in [-0.15, -0.1) is 6.42 Å². The molecule has 0 N–H and O–H groups in total. The van der Waals surface area contributed by atoms with Crippen LogP contribution in [0.5, 0.6) is 0 Å². The van der Waals surface area contributed by atoms with E-state index in [0.29, 0.717) is 6.54 Å². The fraction of sp³-hybridized carbons (Fsp3) is 0.600. The predicted octanol–water partition coefficient (Wildman–Crippen LogP) is -0.300. The monoisotopic (exact) mass is 194 g/mol. The molecule has 1 aliphatic heterocycles. The van der Waals surface area contributed by atoms with Crippen LogP contribution in [0.3, 0.4) is 0 Å². The maximum atomic E-state index is 11.5. The average molecular weight is 194 g/mol. The summed E-state index contributed by atoms with van der Waals surface area (Å²) in [5, 5.41) is 0. The number of carbonyl (C=O) groups is 2. The lowest BCUT2D eigenvalue weighted by Gasteiger charge is -2.32. The summed E-state index contributed by atoms with van der Waals surface area (Å²) in [6.45, 7) is 3.15. The number of hydrogen-bond donors (Lipinski definition) is 0. The molecule has 0 aromatic carbocycles. The number of rotatable bonds is 3. The first-order chi connectivity index (χ1) is 6.69. The molecule has 76 valence electrons. The van der Waals surface area contributed by atoms with Crippen LogP contribution in [0, 0.1) is 12.3 Å². The Kier molecular flexibility index (Phi) is 3.52. The maximum absolute atomic E-state index is 11.5. The highest BCUT2D eigenvalue weighted by Crippen LogP contribution is 2.04. The zero-order chi connectivity index (χ0) is 10.6. The highest BCUT2D eigenvalue weighted by molar-refractivity contribution is 5.92. The summed E-state index contributed by atoms with van der Waals surface area (Å²) in [5.74, 6) is 2.30. The summed E-state index contributed by atoms with van der Waals surface area (Å²) >= 11 is 0. The topological polar surface area (TPSA) is 40.6 Å². The summed E-state index contributed by atoms with van der Waals surface area (Å²) in [4.78, 5) is 25.9. The molecule has 0 aliphatic carbocycles. The summed E-state index contributed by atoms with van der Waals surface area (Å²) < 4.78 is 0. The second kappa shape index (κ2) is 4.66. The molecule has 0 unspecified atom stereocenters. The lowest BCUT2D eigenvalue weighted by molar-refractivity contribution is -0.149. The Hall–Kier alpha value is -1.50. The first kappa shape index (κ1) is 10.6. The molecular formula is C10H14N2O2.